The smallest absolute Gasteiger partial charge is 0.339 e. The van der Waals surface area contributed by atoms with E-state index in [1.165, 1.54) is 14.2 Å². The van der Waals surface area contributed by atoms with E-state index in [0.717, 1.165) is 33.4 Å². The molecule has 0 heterocycles. The normalized spacial score (nSPS) is 16.5. The van der Waals surface area contributed by atoms with Gasteiger partial charge in [-0.25, -0.2) is 9.59 Å². The van der Waals surface area contributed by atoms with Crippen LogP contribution in [0.3, 0.4) is 0 Å². The summed E-state index contributed by atoms with van der Waals surface area (Å²) in [5.74, 6) is -1.18. The van der Waals surface area contributed by atoms with Gasteiger partial charge in [0.1, 0.15) is 0 Å². The molecule has 2 aliphatic rings. The van der Waals surface area contributed by atoms with Crippen LogP contribution >= 0.6 is 0 Å². The van der Waals surface area contributed by atoms with Gasteiger partial charge in [0.25, 0.3) is 0 Å². The fourth-order valence-corrected chi connectivity index (χ4v) is 4.02. The second kappa shape index (κ2) is 10.6. The molecule has 1 aromatic carbocycles. The van der Waals surface area contributed by atoms with E-state index in [-0.39, 0.29) is 11.1 Å². The third kappa shape index (κ3) is 5.29. The van der Waals surface area contributed by atoms with Crippen molar-refractivity contribution in [1.82, 2.24) is 0 Å². The van der Waals surface area contributed by atoms with Crippen LogP contribution in [0.5, 0.6) is 0 Å². The molecule has 0 amide bonds. The van der Waals surface area contributed by atoms with Gasteiger partial charge in [0, 0.05) is 5.57 Å². The van der Waals surface area contributed by atoms with Gasteiger partial charge in [-0.15, -0.1) is 0 Å². The lowest BCUT2D eigenvalue weighted by molar-refractivity contribution is -0.139. The van der Waals surface area contributed by atoms with Gasteiger partial charge in [0.05, 0.1) is 25.4 Å². The molecule has 4 heteroatoms. The number of esters is 2. The Kier molecular flexibility index (Phi) is 7.62. The lowest BCUT2D eigenvalue weighted by Gasteiger charge is -2.19. The van der Waals surface area contributed by atoms with Gasteiger partial charge in [-0.2, -0.15) is 0 Å². The maximum atomic E-state index is 13.0. The Morgan fingerprint density at radius 1 is 0.788 bits per heavy atom. The van der Waals surface area contributed by atoms with Gasteiger partial charge in [0.15, 0.2) is 0 Å². The van der Waals surface area contributed by atoms with E-state index in [1.54, 1.807) is 6.08 Å². The van der Waals surface area contributed by atoms with Crippen LogP contribution in [0.15, 0.2) is 117 Å². The van der Waals surface area contributed by atoms with Crippen molar-refractivity contribution in [2.24, 2.45) is 0 Å². The highest BCUT2D eigenvalue weighted by Gasteiger charge is 2.31. The first-order valence-corrected chi connectivity index (χ1v) is 10.7. The summed E-state index contributed by atoms with van der Waals surface area (Å²) in [7, 11) is 2.62. The summed E-state index contributed by atoms with van der Waals surface area (Å²) in [6.07, 6.45) is 15.4. The van der Waals surface area contributed by atoms with E-state index in [0.29, 0.717) is 5.57 Å². The summed E-state index contributed by atoms with van der Waals surface area (Å²) < 4.78 is 10.1. The summed E-state index contributed by atoms with van der Waals surface area (Å²) in [4.78, 5) is 25.7. The Bertz CT molecular complexity index is 1210. The van der Waals surface area contributed by atoms with Crippen molar-refractivity contribution in [1.29, 1.82) is 0 Å². The van der Waals surface area contributed by atoms with Crippen LogP contribution in [0.25, 0.3) is 6.08 Å². The van der Waals surface area contributed by atoms with E-state index in [1.807, 2.05) is 87.6 Å². The van der Waals surface area contributed by atoms with Gasteiger partial charge >= 0.3 is 11.9 Å². The summed E-state index contributed by atoms with van der Waals surface area (Å²) in [5, 5.41) is 0. The first-order valence-electron chi connectivity index (χ1n) is 10.7. The molecule has 0 aliphatic heterocycles. The molecule has 0 bridgehead atoms. The van der Waals surface area contributed by atoms with Crippen molar-refractivity contribution >= 4 is 18.0 Å². The number of carbonyl (C=O) groups excluding carboxylic acids is 2. The van der Waals surface area contributed by atoms with Gasteiger partial charge < -0.3 is 9.47 Å². The maximum absolute atomic E-state index is 13.0. The van der Waals surface area contributed by atoms with Crippen molar-refractivity contribution in [3.63, 3.8) is 0 Å². The zero-order valence-electron chi connectivity index (χ0n) is 19.6. The molecular weight excluding hydrogens is 412 g/mol. The predicted octanol–water partition coefficient (Wildman–Crippen LogP) is 5.99. The largest absolute Gasteiger partial charge is 0.465 e. The molecule has 0 spiro atoms. The van der Waals surface area contributed by atoms with Crippen LogP contribution in [0.2, 0.25) is 0 Å². The van der Waals surface area contributed by atoms with Gasteiger partial charge in [-0.1, -0.05) is 78.4 Å². The lowest BCUT2D eigenvalue weighted by Crippen LogP contribution is -2.18. The predicted molar refractivity (Wildman–Crippen MR) is 132 cm³/mol. The highest BCUT2D eigenvalue weighted by molar-refractivity contribution is 6.09. The molecule has 1 aromatic rings. The quantitative estimate of drug-likeness (QED) is 0.417. The topological polar surface area (TPSA) is 52.6 Å². The average Bonchev–Trinajstić information content (AvgIpc) is 3.04. The number of hydrogen-bond donors (Lipinski definition) is 0. The van der Waals surface area contributed by atoms with Gasteiger partial charge in [-0.3, -0.25) is 0 Å². The first-order chi connectivity index (χ1) is 15.9. The molecule has 0 unspecified atom stereocenters. The third-order valence-electron chi connectivity index (χ3n) is 5.44. The number of rotatable bonds is 5. The summed E-state index contributed by atoms with van der Waals surface area (Å²) >= 11 is 0. The standard InChI is InChI=1S/C29H28O4/c1-19-17-21(3)25-20(2)15-16-24(28(30)32-4)27(29(31)33-5)26(25)23(18-19)14-10-9-13-22-11-7-6-8-12-22/h6-18H,1-5H3/b13-9+,14-10+. The monoisotopic (exact) mass is 440 g/mol. The molecule has 0 fully saturated rings. The SMILES string of the molecule is COC(=O)C1=CC=C(C)C2=C(C)C=C(C)C=C(/C=C/C=C/c3ccccc3)C2=C1C(=O)OC. The molecule has 0 aromatic heterocycles. The van der Waals surface area contributed by atoms with E-state index in [2.05, 4.69) is 6.08 Å². The van der Waals surface area contributed by atoms with E-state index >= 15 is 0 Å². The van der Waals surface area contributed by atoms with Crippen molar-refractivity contribution in [3.05, 3.63) is 123 Å². The second-order valence-electron chi connectivity index (χ2n) is 7.84. The van der Waals surface area contributed by atoms with Crippen LogP contribution in [0.4, 0.5) is 0 Å². The fraction of sp³-hybridized carbons (Fsp3) is 0.172. The van der Waals surface area contributed by atoms with E-state index in [9.17, 15) is 9.59 Å². The molecule has 0 saturated carbocycles. The summed E-state index contributed by atoms with van der Waals surface area (Å²) in [6, 6.07) is 10.00. The zero-order chi connectivity index (χ0) is 24.0. The first kappa shape index (κ1) is 23.7. The number of benzene rings is 1. The molecule has 3 rings (SSSR count). The van der Waals surface area contributed by atoms with Crippen LogP contribution in [-0.4, -0.2) is 26.2 Å². The number of ether oxygens (including phenoxy) is 2. The van der Waals surface area contributed by atoms with Crippen molar-refractivity contribution in [2.75, 3.05) is 14.2 Å². The van der Waals surface area contributed by atoms with Crippen LogP contribution < -0.4 is 0 Å². The minimum Gasteiger partial charge on any atom is -0.465 e. The molecular formula is C29H28O4. The summed E-state index contributed by atoms with van der Waals surface area (Å²) in [6.45, 7) is 5.98. The zero-order valence-corrected chi connectivity index (χ0v) is 19.6. The van der Waals surface area contributed by atoms with Crippen molar-refractivity contribution < 1.29 is 19.1 Å². The molecule has 0 atom stereocenters. The number of methoxy groups -OCH3 is 2. The van der Waals surface area contributed by atoms with Crippen molar-refractivity contribution in [2.45, 2.75) is 20.8 Å². The molecule has 168 valence electrons. The van der Waals surface area contributed by atoms with Gasteiger partial charge in [0.2, 0.25) is 0 Å². The van der Waals surface area contributed by atoms with Crippen LogP contribution in [-0.2, 0) is 19.1 Å². The summed E-state index contributed by atoms with van der Waals surface area (Å²) in [5.41, 5.74) is 6.77. The van der Waals surface area contributed by atoms with Gasteiger partial charge in [-0.05, 0) is 54.7 Å². The highest BCUT2D eigenvalue weighted by Crippen LogP contribution is 2.40. The van der Waals surface area contributed by atoms with Crippen LogP contribution in [0.1, 0.15) is 26.3 Å². The lowest BCUT2D eigenvalue weighted by atomic mass is 9.85. The molecule has 4 nitrogen and oxygen atoms in total. The minimum atomic E-state index is -0.591. The number of carbonyl (C=O) groups is 2. The Balaban J connectivity index is 2.23. The molecule has 0 saturated heterocycles. The average molecular weight is 441 g/mol. The Morgan fingerprint density at radius 2 is 1.45 bits per heavy atom. The van der Waals surface area contributed by atoms with Crippen molar-refractivity contribution in [3.8, 4) is 0 Å². The fourth-order valence-electron chi connectivity index (χ4n) is 4.02. The number of allylic oxidation sites excluding steroid dienone is 13. The highest BCUT2D eigenvalue weighted by atomic mass is 16.5. The van der Waals surface area contributed by atoms with Crippen LogP contribution in [0, 0.1) is 0 Å². The number of hydrogen-bond acceptors (Lipinski definition) is 4. The van der Waals surface area contributed by atoms with E-state index in [4.69, 9.17) is 9.47 Å². The second-order valence-corrected chi connectivity index (χ2v) is 7.84. The Hall–Kier alpha value is -3.92. The number of fused-ring (bicyclic) bond motifs is 1. The molecule has 0 radical (unpaired) electrons. The molecule has 33 heavy (non-hydrogen) atoms. The Labute approximate surface area is 195 Å². The van der Waals surface area contributed by atoms with E-state index < -0.39 is 11.9 Å². The maximum Gasteiger partial charge on any atom is 0.339 e. The molecule has 0 N–H and O–H groups in total. The minimum absolute atomic E-state index is 0.167. The molecule has 2 aliphatic carbocycles. The third-order valence-corrected chi connectivity index (χ3v) is 5.44. The Morgan fingerprint density at radius 3 is 2.12 bits per heavy atom.